The van der Waals surface area contributed by atoms with E-state index in [2.05, 4.69) is 20.8 Å². The van der Waals surface area contributed by atoms with Crippen molar-refractivity contribution < 1.29 is 0 Å². The van der Waals surface area contributed by atoms with Crippen molar-refractivity contribution in [2.45, 2.75) is 59.3 Å². The summed E-state index contributed by atoms with van der Waals surface area (Å²) in [6.07, 6.45) is 8.78. The van der Waals surface area contributed by atoms with Crippen LogP contribution in [-0.2, 0) is 0 Å². The molecule has 0 nitrogen and oxygen atoms in total. The first-order valence-electron chi connectivity index (χ1n) is 5.77. The predicted octanol–water partition coefficient (Wildman–Crippen LogP) is 4.25. The van der Waals surface area contributed by atoms with Crippen LogP contribution in [0.1, 0.15) is 59.3 Å². The van der Waals surface area contributed by atoms with E-state index in [1.54, 1.807) is 0 Å². The molecular weight excluding hydrogens is 144 g/mol. The first-order valence-corrected chi connectivity index (χ1v) is 5.77. The monoisotopic (exact) mass is 168 g/mol. The maximum atomic E-state index is 2.44. The molecule has 0 aromatic rings. The molecule has 72 valence electrons. The van der Waals surface area contributed by atoms with Crippen molar-refractivity contribution in [2.24, 2.45) is 17.8 Å². The Morgan fingerprint density at radius 3 is 2.50 bits per heavy atom. The average Bonchev–Trinajstić information content (AvgIpc) is 2.09. The van der Waals surface area contributed by atoms with Crippen LogP contribution in [0.4, 0.5) is 0 Å². The lowest BCUT2D eigenvalue weighted by Crippen LogP contribution is -2.22. The van der Waals surface area contributed by atoms with Crippen molar-refractivity contribution in [3.8, 4) is 0 Å². The van der Waals surface area contributed by atoms with Crippen LogP contribution >= 0.6 is 0 Å². The maximum Gasteiger partial charge on any atom is -0.0388 e. The minimum absolute atomic E-state index is 1.00. The standard InChI is InChI=1S/C12H24/c1-4-6-11-8-7-10(3)12(5-2)9-11/h10-12H,4-9H2,1-3H3. The molecule has 0 amide bonds. The van der Waals surface area contributed by atoms with Gasteiger partial charge in [-0.3, -0.25) is 0 Å². The zero-order valence-electron chi connectivity index (χ0n) is 8.97. The minimum atomic E-state index is 1.00. The molecule has 0 aromatic heterocycles. The van der Waals surface area contributed by atoms with Crippen LogP contribution in [0.2, 0.25) is 0 Å². The molecule has 1 aliphatic carbocycles. The van der Waals surface area contributed by atoms with E-state index < -0.39 is 0 Å². The number of hydrogen-bond donors (Lipinski definition) is 0. The Kier molecular flexibility index (Phi) is 4.11. The molecule has 1 aliphatic rings. The molecule has 0 aromatic carbocycles. The van der Waals surface area contributed by atoms with Crippen molar-refractivity contribution in [2.75, 3.05) is 0 Å². The molecule has 0 heteroatoms. The van der Waals surface area contributed by atoms with E-state index in [1.807, 2.05) is 0 Å². The SMILES string of the molecule is CCCC1CCC(C)C(CC)C1. The van der Waals surface area contributed by atoms with Crippen LogP contribution in [0, 0.1) is 17.8 Å². The third kappa shape index (κ3) is 2.50. The van der Waals surface area contributed by atoms with E-state index >= 15 is 0 Å². The van der Waals surface area contributed by atoms with Crippen LogP contribution in [0.5, 0.6) is 0 Å². The average molecular weight is 168 g/mol. The Morgan fingerprint density at radius 1 is 1.17 bits per heavy atom. The lowest BCUT2D eigenvalue weighted by molar-refractivity contribution is 0.180. The molecule has 1 fully saturated rings. The minimum Gasteiger partial charge on any atom is -0.0654 e. The highest BCUT2D eigenvalue weighted by atomic mass is 14.3. The normalized spacial score (nSPS) is 36.8. The molecule has 0 aliphatic heterocycles. The maximum absolute atomic E-state index is 2.44. The van der Waals surface area contributed by atoms with Gasteiger partial charge in [-0.15, -0.1) is 0 Å². The van der Waals surface area contributed by atoms with Crippen LogP contribution in [-0.4, -0.2) is 0 Å². The van der Waals surface area contributed by atoms with Crippen LogP contribution in [0.15, 0.2) is 0 Å². The quantitative estimate of drug-likeness (QED) is 0.591. The van der Waals surface area contributed by atoms with Gasteiger partial charge < -0.3 is 0 Å². The Labute approximate surface area is 77.7 Å². The van der Waals surface area contributed by atoms with Gasteiger partial charge in [0.2, 0.25) is 0 Å². The summed E-state index contributed by atoms with van der Waals surface area (Å²) >= 11 is 0. The fourth-order valence-electron chi connectivity index (χ4n) is 2.75. The summed E-state index contributed by atoms with van der Waals surface area (Å²) in [6.45, 7) is 7.12. The highest BCUT2D eigenvalue weighted by molar-refractivity contribution is 4.76. The van der Waals surface area contributed by atoms with Crippen molar-refractivity contribution in [3.05, 3.63) is 0 Å². The van der Waals surface area contributed by atoms with Gasteiger partial charge in [-0.1, -0.05) is 52.9 Å². The summed E-state index contributed by atoms with van der Waals surface area (Å²) < 4.78 is 0. The Balaban J connectivity index is 2.33. The van der Waals surface area contributed by atoms with Crippen molar-refractivity contribution >= 4 is 0 Å². The van der Waals surface area contributed by atoms with E-state index in [0.717, 1.165) is 17.8 Å². The molecule has 12 heavy (non-hydrogen) atoms. The van der Waals surface area contributed by atoms with E-state index in [0.29, 0.717) is 0 Å². The van der Waals surface area contributed by atoms with Crippen LogP contribution in [0.25, 0.3) is 0 Å². The Morgan fingerprint density at radius 2 is 1.92 bits per heavy atom. The topological polar surface area (TPSA) is 0 Å². The molecular formula is C12H24. The van der Waals surface area contributed by atoms with E-state index in [9.17, 15) is 0 Å². The second-order valence-electron chi connectivity index (χ2n) is 4.61. The highest BCUT2D eigenvalue weighted by Crippen LogP contribution is 2.37. The molecule has 0 heterocycles. The number of hydrogen-bond acceptors (Lipinski definition) is 0. The lowest BCUT2D eigenvalue weighted by atomic mass is 9.72. The fraction of sp³-hybridized carbons (Fsp3) is 1.00. The summed E-state index contributed by atoms with van der Waals surface area (Å²) in [6, 6.07) is 0. The first-order chi connectivity index (χ1) is 5.77. The van der Waals surface area contributed by atoms with Gasteiger partial charge in [-0.2, -0.15) is 0 Å². The van der Waals surface area contributed by atoms with E-state index in [-0.39, 0.29) is 0 Å². The zero-order chi connectivity index (χ0) is 8.97. The highest BCUT2D eigenvalue weighted by Gasteiger charge is 2.25. The molecule has 0 spiro atoms. The molecule has 0 N–H and O–H groups in total. The summed E-state index contributed by atoms with van der Waals surface area (Å²) in [5, 5.41) is 0. The fourth-order valence-corrected chi connectivity index (χ4v) is 2.75. The Bertz CT molecular complexity index is 117. The molecule has 1 saturated carbocycles. The lowest BCUT2D eigenvalue weighted by Gasteiger charge is -2.33. The molecule has 1 rings (SSSR count). The van der Waals surface area contributed by atoms with Crippen LogP contribution < -0.4 is 0 Å². The van der Waals surface area contributed by atoms with Crippen molar-refractivity contribution in [3.63, 3.8) is 0 Å². The second-order valence-corrected chi connectivity index (χ2v) is 4.61. The van der Waals surface area contributed by atoms with Gasteiger partial charge in [-0.25, -0.2) is 0 Å². The summed E-state index contributed by atoms with van der Waals surface area (Å²) in [5.41, 5.74) is 0. The summed E-state index contributed by atoms with van der Waals surface area (Å²) in [5.74, 6) is 3.11. The molecule has 3 atom stereocenters. The largest absolute Gasteiger partial charge is 0.0654 e. The van der Waals surface area contributed by atoms with Crippen LogP contribution in [0.3, 0.4) is 0 Å². The summed E-state index contributed by atoms with van der Waals surface area (Å²) in [4.78, 5) is 0. The smallest absolute Gasteiger partial charge is 0.0388 e. The van der Waals surface area contributed by atoms with Crippen molar-refractivity contribution in [1.82, 2.24) is 0 Å². The molecule has 0 radical (unpaired) electrons. The van der Waals surface area contributed by atoms with Gasteiger partial charge in [0, 0.05) is 0 Å². The van der Waals surface area contributed by atoms with E-state index in [1.165, 1.54) is 38.5 Å². The van der Waals surface area contributed by atoms with Gasteiger partial charge in [0.1, 0.15) is 0 Å². The first kappa shape index (κ1) is 10.1. The van der Waals surface area contributed by atoms with Gasteiger partial charge >= 0.3 is 0 Å². The predicted molar refractivity (Wildman–Crippen MR) is 55.2 cm³/mol. The molecule has 3 unspecified atom stereocenters. The van der Waals surface area contributed by atoms with Gasteiger partial charge in [-0.05, 0) is 24.2 Å². The Hall–Kier alpha value is 0. The molecule has 0 saturated heterocycles. The van der Waals surface area contributed by atoms with E-state index in [4.69, 9.17) is 0 Å². The zero-order valence-corrected chi connectivity index (χ0v) is 8.97. The number of rotatable bonds is 3. The third-order valence-electron chi connectivity index (χ3n) is 3.69. The summed E-state index contributed by atoms with van der Waals surface area (Å²) in [7, 11) is 0. The van der Waals surface area contributed by atoms with Crippen molar-refractivity contribution in [1.29, 1.82) is 0 Å². The second kappa shape index (κ2) is 4.89. The van der Waals surface area contributed by atoms with Gasteiger partial charge in [0.05, 0.1) is 0 Å². The molecule has 0 bridgehead atoms. The van der Waals surface area contributed by atoms with Gasteiger partial charge in [0.25, 0.3) is 0 Å². The van der Waals surface area contributed by atoms with Gasteiger partial charge in [0.15, 0.2) is 0 Å². The third-order valence-corrected chi connectivity index (χ3v) is 3.69.